The molecule has 0 aliphatic heterocycles. The zero-order valence-corrected chi connectivity index (χ0v) is 10.6. The van der Waals surface area contributed by atoms with E-state index in [1.165, 1.54) is 12.1 Å². The summed E-state index contributed by atoms with van der Waals surface area (Å²) in [5.41, 5.74) is 3.85. The van der Waals surface area contributed by atoms with Gasteiger partial charge in [-0.15, -0.1) is 0 Å². The van der Waals surface area contributed by atoms with E-state index in [0.29, 0.717) is 23.6 Å². The molecule has 0 bridgehead atoms. The number of nitrogens with zero attached hydrogens (tertiary/aromatic N) is 4. The Morgan fingerprint density at radius 3 is 2.74 bits per heavy atom. The molecule has 1 aromatic carbocycles. The fourth-order valence-electron chi connectivity index (χ4n) is 1.84. The van der Waals surface area contributed by atoms with E-state index >= 15 is 0 Å². The van der Waals surface area contributed by atoms with E-state index in [1.807, 2.05) is 6.92 Å². The lowest BCUT2D eigenvalue weighted by Gasteiger charge is -2.09. The first-order chi connectivity index (χ1) is 9.01. The number of nitrogens with one attached hydrogen (secondary N) is 1. The molecule has 8 heteroatoms. The molecule has 0 unspecified atom stereocenters. The van der Waals surface area contributed by atoms with Gasteiger partial charge < -0.3 is 5.43 Å². The molecule has 0 amide bonds. The maximum Gasteiger partial charge on any atom is 0.269 e. The Morgan fingerprint density at radius 1 is 1.47 bits per heavy atom. The number of aromatic nitrogens is 3. The van der Waals surface area contributed by atoms with Crippen molar-refractivity contribution in [3.05, 3.63) is 45.5 Å². The van der Waals surface area contributed by atoms with Gasteiger partial charge in [0.15, 0.2) is 0 Å². The third-order valence-electron chi connectivity index (χ3n) is 2.74. The highest BCUT2D eigenvalue weighted by atomic mass is 16.6. The molecule has 2 aromatic rings. The fourth-order valence-corrected chi connectivity index (χ4v) is 1.84. The molecule has 1 heterocycles. The highest BCUT2D eigenvalue weighted by Gasteiger charge is 2.12. The highest BCUT2D eigenvalue weighted by molar-refractivity contribution is 5.55. The number of benzene rings is 1. The van der Waals surface area contributed by atoms with Crippen LogP contribution in [0.5, 0.6) is 0 Å². The van der Waals surface area contributed by atoms with Gasteiger partial charge in [-0.1, -0.05) is 0 Å². The van der Waals surface area contributed by atoms with E-state index in [1.54, 1.807) is 17.7 Å². The SMILES string of the molecule is Cc1nc(C)n(Cc2cc([N+](=O)[O-])ccc2NN)n1. The topological polar surface area (TPSA) is 112 Å². The van der Waals surface area contributed by atoms with Crippen LogP contribution < -0.4 is 11.3 Å². The third-order valence-corrected chi connectivity index (χ3v) is 2.74. The lowest BCUT2D eigenvalue weighted by atomic mass is 10.1. The van der Waals surface area contributed by atoms with E-state index in [4.69, 9.17) is 5.84 Å². The summed E-state index contributed by atoms with van der Waals surface area (Å²) in [5.74, 6) is 6.81. The van der Waals surface area contributed by atoms with Crippen LogP contribution in [0.3, 0.4) is 0 Å². The van der Waals surface area contributed by atoms with Crippen LogP contribution in [0.15, 0.2) is 18.2 Å². The number of hydrogen-bond acceptors (Lipinski definition) is 6. The molecule has 0 fully saturated rings. The number of nitrogen functional groups attached to an aromatic ring is 1. The summed E-state index contributed by atoms with van der Waals surface area (Å²) in [6.07, 6.45) is 0. The Labute approximate surface area is 109 Å². The van der Waals surface area contributed by atoms with Crippen LogP contribution in [0.2, 0.25) is 0 Å². The van der Waals surface area contributed by atoms with Crippen molar-refractivity contribution in [2.45, 2.75) is 20.4 Å². The Bertz CT molecular complexity index is 622. The van der Waals surface area contributed by atoms with Gasteiger partial charge in [-0.25, -0.2) is 9.67 Å². The van der Waals surface area contributed by atoms with Crippen molar-refractivity contribution in [1.82, 2.24) is 14.8 Å². The van der Waals surface area contributed by atoms with Gasteiger partial charge in [0.2, 0.25) is 0 Å². The molecule has 3 N–H and O–H groups in total. The third kappa shape index (κ3) is 2.68. The molecule has 0 spiro atoms. The summed E-state index contributed by atoms with van der Waals surface area (Å²) in [6.45, 7) is 3.99. The number of anilines is 1. The summed E-state index contributed by atoms with van der Waals surface area (Å²) in [5, 5.41) is 15.0. The van der Waals surface area contributed by atoms with Crippen molar-refractivity contribution in [2.75, 3.05) is 5.43 Å². The molecule has 0 saturated carbocycles. The predicted octanol–water partition coefficient (Wildman–Crippen LogP) is 1.14. The quantitative estimate of drug-likeness (QED) is 0.485. The maximum absolute atomic E-state index is 10.8. The number of nitrogens with two attached hydrogens (primary N) is 1. The maximum atomic E-state index is 10.8. The lowest BCUT2D eigenvalue weighted by Crippen LogP contribution is -2.12. The Kier molecular flexibility index (Phi) is 3.43. The van der Waals surface area contributed by atoms with Gasteiger partial charge in [0, 0.05) is 17.7 Å². The zero-order chi connectivity index (χ0) is 14.0. The van der Waals surface area contributed by atoms with Gasteiger partial charge in [-0.3, -0.25) is 16.0 Å². The largest absolute Gasteiger partial charge is 0.324 e. The van der Waals surface area contributed by atoms with Crippen LogP contribution in [0, 0.1) is 24.0 Å². The molecule has 0 atom stereocenters. The number of aryl methyl sites for hydroxylation is 2. The van der Waals surface area contributed by atoms with Crippen LogP contribution in [-0.4, -0.2) is 19.7 Å². The van der Waals surface area contributed by atoms with Crippen LogP contribution in [0.1, 0.15) is 17.2 Å². The molecule has 2 rings (SSSR count). The summed E-state index contributed by atoms with van der Waals surface area (Å²) in [6, 6.07) is 4.45. The molecule has 0 radical (unpaired) electrons. The van der Waals surface area contributed by atoms with Crippen molar-refractivity contribution in [3.8, 4) is 0 Å². The average Bonchev–Trinajstić information content (AvgIpc) is 2.67. The summed E-state index contributed by atoms with van der Waals surface area (Å²) in [7, 11) is 0. The van der Waals surface area contributed by atoms with Gasteiger partial charge in [0.25, 0.3) is 5.69 Å². The van der Waals surface area contributed by atoms with Crippen LogP contribution in [-0.2, 0) is 6.54 Å². The van der Waals surface area contributed by atoms with Crippen molar-refractivity contribution in [3.63, 3.8) is 0 Å². The molecule has 1 aromatic heterocycles. The van der Waals surface area contributed by atoms with Gasteiger partial charge in [0.1, 0.15) is 11.6 Å². The van der Waals surface area contributed by atoms with Crippen molar-refractivity contribution < 1.29 is 4.92 Å². The van der Waals surface area contributed by atoms with E-state index in [9.17, 15) is 10.1 Å². The first kappa shape index (κ1) is 13.0. The number of hydrazine groups is 1. The number of rotatable bonds is 4. The normalized spacial score (nSPS) is 10.5. The minimum absolute atomic E-state index is 0.0171. The second-order valence-electron chi connectivity index (χ2n) is 4.11. The van der Waals surface area contributed by atoms with Crippen LogP contribution >= 0.6 is 0 Å². The second-order valence-corrected chi connectivity index (χ2v) is 4.11. The molecule has 0 saturated heterocycles. The first-order valence-electron chi connectivity index (χ1n) is 5.63. The van der Waals surface area contributed by atoms with Crippen molar-refractivity contribution in [1.29, 1.82) is 0 Å². The first-order valence-corrected chi connectivity index (χ1v) is 5.63. The van der Waals surface area contributed by atoms with Crippen LogP contribution in [0.4, 0.5) is 11.4 Å². The summed E-state index contributed by atoms with van der Waals surface area (Å²) in [4.78, 5) is 14.5. The molecule has 0 aliphatic rings. The Hall–Kier alpha value is -2.48. The molecular weight excluding hydrogens is 248 g/mol. The van der Waals surface area contributed by atoms with E-state index < -0.39 is 4.92 Å². The molecule has 100 valence electrons. The highest BCUT2D eigenvalue weighted by Crippen LogP contribution is 2.22. The summed E-state index contributed by atoms with van der Waals surface area (Å²) >= 11 is 0. The number of nitro benzene ring substituents is 1. The fraction of sp³-hybridized carbons (Fsp3) is 0.273. The van der Waals surface area contributed by atoms with Gasteiger partial charge >= 0.3 is 0 Å². The number of nitro groups is 1. The van der Waals surface area contributed by atoms with Gasteiger partial charge in [0.05, 0.1) is 17.2 Å². The second kappa shape index (κ2) is 5.02. The van der Waals surface area contributed by atoms with E-state index in [0.717, 1.165) is 5.82 Å². The minimum atomic E-state index is -0.441. The smallest absolute Gasteiger partial charge is 0.269 e. The van der Waals surface area contributed by atoms with E-state index in [2.05, 4.69) is 15.5 Å². The molecule has 19 heavy (non-hydrogen) atoms. The van der Waals surface area contributed by atoms with E-state index in [-0.39, 0.29) is 5.69 Å². The molecule has 8 nitrogen and oxygen atoms in total. The number of non-ortho nitro benzene ring substituents is 1. The van der Waals surface area contributed by atoms with Crippen LogP contribution in [0.25, 0.3) is 0 Å². The minimum Gasteiger partial charge on any atom is -0.324 e. The predicted molar refractivity (Wildman–Crippen MR) is 69.5 cm³/mol. The standard InChI is InChI=1S/C11H14N6O2/c1-7-13-8(2)16(15-7)6-9-5-10(17(18)19)3-4-11(9)14-12/h3-5,14H,6,12H2,1-2H3. The zero-order valence-electron chi connectivity index (χ0n) is 10.6. The summed E-state index contributed by atoms with van der Waals surface area (Å²) < 4.78 is 1.68. The Balaban J connectivity index is 2.39. The lowest BCUT2D eigenvalue weighted by molar-refractivity contribution is -0.384. The van der Waals surface area contributed by atoms with Gasteiger partial charge in [-0.05, 0) is 19.9 Å². The monoisotopic (exact) mass is 262 g/mol. The average molecular weight is 262 g/mol. The van der Waals surface area contributed by atoms with Crippen molar-refractivity contribution in [2.24, 2.45) is 5.84 Å². The number of hydrogen-bond donors (Lipinski definition) is 2. The Morgan fingerprint density at radius 2 is 2.21 bits per heavy atom. The van der Waals surface area contributed by atoms with Crippen molar-refractivity contribution >= 4 is 11.4 Å². The molecular formula is C11H14N6O2. The molecule has 0 aliphatic carbocycles. The van der Waals surface area contributed by atoms with Gasteiger partial charge in [-0.2, -0.15) is 5.10 Å².